The Bertz CT molecular complexity index is 354. The summed E-state index contributed by atoms with van der Waals surface area (Å²) >= 11 is 1.97. The van der Waals surface area contributed by atoms with Gasteiger partial charge in [-0.1, -0.05) is 12.8 Å². The lowest BCUT2D eigenvalue weighted by Gasteiger charge is -2.37. The van der Waals surface area contributed by atoms with E-state index in [1.165, 1.54) is 12.2 Å². The van der Waals surface area contributed by atoms with Crippen LogP contribution in [0.1, 0.15) is 44.9 Å². The average molecular weight is 312 g/mol. The van der Waals surface area contributed by atoms with Crippen molar-refractivity contribution in [3.05, 3.63) is 0 Å². The van der Waals surface area contributed by atoms with E-state index >= 15 is 0 Å². The SMILES string of the molecule is NC1CCCCC1C(=O)N(CC1CCCO1)C1CCSC1. The minimum absolute atomic E-state index is 0.0470. The highest BCUT2D eigenvalue weighted by molar-refractivity contribution is 7.99. The Morgan fingerprint density at radius 2 is 2.05 bits per heavy atom. The van der Waals surface area contributed by atoms with Crippen LogP contribution < -0.4 is 5.73 Å². The molecule has 120 valence electrons. The highest BCUT2D eigenvalue weighted by atomic mass is 32.2. The summed E-state index contributed by atoms with van der Waals surface area (Å²) in [7, 11) is 0. The van der Waals surface area contributed by atoms with Crippen molar-refractivity contribution in [3.8, 4) is 0 Å². The number of carbonyl (C=O) groups is 1. The third kappa shape index (κ3) is 3.74. The molecule has 21 heavy (non-hydrogen) atoms. The maximum atomic E-state index is 13.1. The fourth-order valence-corrected chi connectivity index (χ4v) is 5.10. The molecule has 5 heteroatoms. The van der Waals surface area contributed by atoms with Crippen molar-refractivity contribution in [1.29, 1.82) is 0 Å². The molecule has 3 aliphatic rings. The molecule has 1 amide bonds. The zero-order valence-corrected chi connectivity index (χ0v) is 13.7. The molecule has 2 N–H and O–H groups in total. The van der Waals surface area contributed by atoms with E-state index < -0.39 is 0 Å². The fraction of sp³-hybridized carbons (Fsp3) is 0.938. The standard InChI is InChI=1S/C16H28N2O2S/c17-15-6-2-1-5-14(15)16(19)18(12-7-9-21-11-12)10-13-4-3-8-20-13/h12-15H,1-11,17H2. The zero-order chi connectivity index (χ0) is 14.7. The number of amides is 1. The molecule has 2 heterocycles. The van der Waals surface area contributed by atoms with Gasteiger partial charge in [0.05, 0.1) is 12.0 Å². The highest BCUT2D eigenvalue weighted by Gasteiger charge is 2.37. The largest absolute Gasteiger partial charge is 0.376 e. The van der Waals surface area contributed by atoms with E-state index in [9.17, 15) is 4.79 Å². The number of nitrogens with two attached hydrogens (primary N) is 1. The number of nitrogens with zero attached hydrogens (tertiary/aromatic N) is 1. The van der Waals surface area contributed by atoms with Crippen LogP contribution in [0, 0.1) is 5.92 Å². The van der Waals surface area contributed by atoms with Crippen LogP contribution in [0.3, 0.4) is 0 Å². The first-order valence-corrected chi connectivity index (χ1v) is 9.66. The van der Waals surface area contributed by atoms with Crippen LogP contribution >= 0.6 is 11.8 Å². The second-order valence-corrected chi connectivity index (χ2v) is 7.85. The van der Waals surface area contributed by atoms with Crippen LogP contribution in [0.5, 0.6) is 0 Å². The lowest BCUT2D eigenvalue weighted by atomic mass is 9.83. The fourth-order valence-electron chi connectivity index (χ4n) is 3.87. The molecule has 0 radical (unpaired) electrons. The van der Waals surface area contributed by atoms with Crippen molar-refractivity contribution >= 4 is 17.7 Å². The summed E-state index contributed by atoms with van der Waals surface area (Å²) < 4.78 is 5.78. The van der Waals surface area contributed by atoms with Gasteiger partial charge in [-0.15, -0.1) is 0 Å². The molecule has 4 nitrogen and oxygen atoms in total. The lowest BCUT2D eigenvalue weighted by Crippen LogP contribution is -2.51. The van der Waals surface area contributed by atoms with E-state index in [0.717, 1.165) is 57.4 Å². The molecule has 4 unspecified atom stereocenters. The molecular formula is C16H28N2O2S. The van der Waals surface area contributed by atoms with E-state index in [0.29, 0.717) is 11.9 Å². The summed E-state index contributed by atoms with van der Waals surface area (Å²) in [5.41, 5.74) is 6.24. The number of hydrogen-bond donors (Lipinski definition) is 1. The van der Waals surface area contributed by atoms with Crippen molar-refractivity contribution < 1.29 is 9.53 Å². The van der Waals surface area contributed by atoms with Gasteiger partial charge in [0, 0.05) is 31.0 Å². The second kappa shape index (κ2) is 7.34. The van der Waals surface area contributed by atoms with Crippen molar-refractivity contribution in [2.24, 2.45) is 11.7 Å². The van der Waals surface area contributed by atoms with E-state index in [4.69, 9.17) is 10.5 Å². The van der Waals surface area contributed by atoms with E-state index in [1.54, 1.807) is 0 Å². The van der Waals surface area contributed by atoms with Crippen molar-refractivity contribution in [2.45, 2.75) is 63.1 Å². The second-order valence-electron chi connectivity index (χ2n) is 6.70. The van der Waals surface area contributed by atoms with E-state index in [-0.39, 0.29) is 18.1 Å². The topological polar surface area (TPSA) is 55.6 Å². The van der Waals surface area contributed by atoms with Crippen LogP contribution in [0.2, 0.25) is 0 Å². The molecule has 3 rings (SSSR count). The molecule has 3 fully saturated rings. The zero-order valence-electron chi connectivity index (χ0n) is 12.8. The molecule has 0 aromatic heterocycles. The van der Waals surface area contributed by atoms with E-state index in [1.807, 2.05) is 11.8 Å². The predicted molar refractivity (Wildman–Crippen MR) is 86.4 cm³/mol. The van der Waals surface area contributed by atoms with Gasteiger partial charge < -0.3 is 15.4 Å². The minimum atomic E-state index is 0.0470. The molecule has 2 saturated heterocycles. The predicted octanol–water partition coefficient (Wildman–Crippen LogP) is 2.02. The third-order valence-corrected chi connectivity index (χ3v) is 6.34. The van der Waals surface area contributed by atoms with Gasteiger partial charge in [0.15, 0.2) is 0 Å². The molecule has 0 aromatic rings. The first-order chi connectivity index (χ1) is 10.3. The van der Waals surface area contributed by atoms with Crippen LogP contribution in [0.25, 0.3) is 0 Å². The van der Waals surface area contributed by atoms with Crippen LogP contribution in [-0.2, 0) is 9.53 Å². The average Bonchev–Trinajstić information content (AvgIpc) is 3.18. The van der Waals surface area contributed by atoms with Gasteiger partial charge in [-0.3, -0.25) is 4.79 Å². The van der Waals surface area contributed by atoms with Gasteiger partial charge in [0.2, 0.25) is 5.91 Å². The Balaban J connectivity index is 1.68. The summed E-state index contributed by atoms with van der Waals surface area (Å²) in [5, 5.41) is 0. The first-order valence-electron chi connectivity index (χ1n) is 8.51. The maximum Gasteiger partial charge on any atom is 0.227 e. The molecule has 2 aliphatic heterocycles. The van der Waals surface area contributed by atoms with Crippen LogP contribution in [-0.4, -0.2) is 53.7 Å². The van der Waals surface area contributed by atoms with Crippen LogP contribution in [0.15, 0.2) is 0 Å². The highest BCUT2D eigenvalue weighted by Crippen LogP contribution is 2.30. The monoisotopic (exact) mass is 312 g/mol. The van der Waals surface area contributed by atoms with Gasteiger partial charge in [-0.25, -0.2) is 0 Å². The van der Waals surface area contributed by atoms with Gasteiger partial charge in [0.25, 0.3) is 0 Å². The number of rotatable bonds is 4. The molecule has 0 aromatic carbocycles. The normalized spacial score (nSPS) is 36.8. The Morgan fingerprint density at radius 1 is 1.19 bits per heavy atom. The summed E-state index contributed by atoms with van der Waals surface area (Å²) in [5.74, 6) is 2.62. The third-order valence-electron chi connectivity index (χ3n) is 5.19. The summed E-state index contributed by atoms with van der Waals surface area (Å²) in [6, 6.07) is 0.466. The molecule has 4 atom stereocenters. The van der Waals surface area contributed by atoms with Gasteiger partial charge >= 0.3 is 0 Å². The molecule has 1 saturated carbocycles. The van der Waals surface area contributed by atoms with Gasteiger partial charge in [-0.05, 0) is 37.9 Å². The van der Waals surface area contributed by atoms with Gasteiger partial charge in [-0.2, -0.15) is 11.8 Å². The van der Waals surface area contributed by atoms with Crippen molar-refractivity contribution in [1.82, 2.24) is 4.90 Å². The number of hydrogen-bond acceptors (Lipinski definition) is 4. The number of thioether (sulfide) groups is 1. The smallest absolute Gasteiger partial charge is 0.227 e. The van der Waals surface area contributed by atoms with Crippen molar-refractivity contribution in [3.63, 3.8) is 0 Å². The lowest BCUT2D eigenvalue weighted by molar-refractivity contribution is -0.140. The van der Waals surface area contributed by atoms with Gasteiger partial charge in [0.1, 0.15) is 0 Å². The Labute approximate surface area is 132 Å². The molecule has 0 spiro atoms. The molecular weight excluding hydrogens is 284 g/mol. The molecule has 1 aliphatic carbocycles. The summed E-state index contributed by atoms with van der Waals surface area (Å²) in [4.78, 5) is 15.2. The number of carbonyl (C=O) groups excluding carboxylic acids is 1. The summed E-state index contributed by atoms with van der Waals surface area (Å²) in [6.07, 6.45) is 7.92. The Morgan fingerprint density at radius 3 is 2.71 bits per heavy atom. The quantitative estimate of drug-likeness (QED) is 0.863. The van der Waals surface area contributed by atoms with Crippen LogP contribution in [0.4, 0.5) is 0 Å². The Kier molecular flexibility index (Phi) is 5.46. The first kappa shape index (κ1) is 15.6. The van der Waals surface area contributed by atoms with Crippen molar-refractivity contribution in [2.75, 3.05) is 24.7 Å². The van der Waals surface area contributed by atoms with E-state index in [2.05, 4.69) is 4.90 Å². The minimum Gasteiger partial charge on any atom is -0.376 e. The maximum absolute atomic E-state index is 13.1. The summed E-state index contributed by atoms with van der Waals surface area (Å²) in [6.45, 7) is 1.64. The Hall–Kier alpha value is -0.260. The molecule has 0 bridgehead atoms. The number of ether oxygens (including phenoxy) is 1.